The average molecular weight is 336 g/mol. The molecule has 0 spiro atoms. The van der Waals surface area contributed by atoms with Crippen LogP contribution in [-0.2, 0) is 13.0 Å². The van der Waals surface area contributed by atoms with E-state index in [1.807, 2.05) is 32.2 Å². The zero-order valence-electron chi connectivity index (χ0n) is 14.3. The first-order valence-electron chi connectivity index (χ1n) is 8.41. The van der Waals surface area contributed by atoms with Crippen LogP contribution in [0.1, 0.15) is 34.0 Å². The third-order valence-electron chi connectivity index (χ3n) is 4.51. The second kappa shape index (κ2) is 6.16. The summed E-state index contributed by atoms with van der Waals surface area (Å²) in [6.07, 6.45) is 7.15. The van der Waals surface area contributed by atoms with Gasteiger partial charge in [-0.05, 0) is 38.5 Å². The molecule has 1 unspecified atom stereocenters. The topological polar surface area (TPSA) is 77.6 Å². The van der Waals surface area contributed by atoms with Crippen LogP contribution >= 0.6 is 0 Å². The van der Waals surface area contributed by atoms with Gasteiger partial charge < -0.3 is 9.88 Å². The Kier molecular flexibility index (Phi) is 3.83. The van der Waals surface area contributed by atoms with Crippen molar-refractivity contribution in [3.8, 4) is 5.82 Å². The number of amides is 1. The second-order valence-electron chi connectivity index (χ2n) is 6.45. The van der Waals surface area contributed by atoms with Crippen LogP contribution in [0.3, 0.4) is 0 Å². The lowest BCUT2D eigenvalue weighted by molar-refractivity contribution is 0.0927. The minimum Gasteiger partial charge on any atom is -0.347 e. The Morgan fingerprint density at radius 2 is 2.16 bits per heavy atom. The highest BCUT2D eigenvalue weighted by Crippen LogP contribution is 2.14. The van der Waals surface area contributed by atoms with Crippen molar-refractivity contribution in [2.75, 3.05) is 0 Å². The van der Waals surface area contributed by atoms with Gasteiger partial charge in [-0.3, -0.25) is 4.79 Å². The summed E-state index contributed by atoms with van der Waals surface area (Å²) in [6, 6.07) is 5.73. The highest BCUT2D eigenvalue weighted by Gasteiger charge is 2.21. The molecule has 4 rings (SSSR count). The van der Waals surface area contributed by atoms with Gasteiger partial charge in [0.1, 0.15) is 5.82 Å². The van der Waals surface area contributed by atoms with Crippen molar-refractivity contribution >= 4 is 5.91 Å². The SMILES string of the molecule is Cc1cc(C)n(-c2ccc(C(=O)NC3CCc4nccn4C3)cn2)n1. The number of hydrogen-bond donors (Lipinski definition) is 1. The van der Waals surface area contributed by atoms with Crippen molar-refractivity contribution in [2.45, 2.75) is 39.3 Å². The molecule has 1 aliphatic heterocycles. The van der Waals surface area contributed by atoms with Gasteiger partial charge >= 0.3 is 0 Å². The van der Waals surface area contributed by atoms with Crippen molar-refractivity contribution in [2.24, 2.45) is 0 Å². The van der Waals surface area contributed by atoms with Crippen molar-refractivity contribution in [1.29, 1.82) is 0 Å². The van der Waals surface area contributed by atoms with E-state index in [4.69, 9.17) is 0 Å². The molecule has 1 amide bonds. The summed E-state index contributed by atoms with van der Waals surface area (Å²) in [7, 11) is 0. The fourth-order valence-corrected chi connectivity index (χ4v) is 3.26. The van der Waals surface area contributed by atoms with Crippen LogP contribution in [0.2, 0.25) is 0 Å². The van der Waals surface area contributed by atoms with Crippen LogP contribution in [0.5, 0.6) is 0 Å². The van der Waals surface area contributed by atoms with E-state index < -0.39 is 0 Å². The third kappa shape index (κ3) is 3.05. The molecule has 1 N–H and O–H groups in total. The number of nitrogens with zero attached hydrogens (tertiary/aromatic N) is 5. The summed E-state index contributed by atoms with van der Waals surface area (Å²) in [4.78, 5) is 21.2. The van der Waals surface area contributed by atoms with Gasteiger partial charge in [-0.15, -0.1) is 0 Å². The molecular weight excluding hydrogens is 316 g/mol. The Morgan fingerprint density at radius 3 is 2.88 bits per heavy atom. The number of fused-ring (bicyclic) bond motifs is 1. The maximum atomic E-state index is 12.5. The lowest BCUT2D eigenvalue weighted by Gasteiger charge is -2.24. The van der Waals surface area contributed by atoms with Gasteiger partial charge in [0.2, 0.25) is 0 Å². The minimum absolute atomic E-state index is 0.0963. The quantitative estimate of drug-likeness (QED) is 0.791. The standard InChI is InChI=1S/C18H20N6O/c1-12-9-13(2)24(22-12)17-5-3-14(10-20-17)18(25)21-15-4-6-16-19-7-8-23(16)11-15/h3,5,7-10,15H,4,6,11H2,1-2H3,(H,21,25). The van der Waals surface area contributed by atoms with Crippen molar-refractivity contribution in [1.82, 2.24) is 29.6 Å². The number of rotatable bonds is 3. The van der Waals surface area contributed by atoms with E-state index >= 15 is 0 Å². The van der Waals surface area contributed by atoms with Gasteiger partial charge in [-0.25, -0.2) is 14.6 Å². The highest BCUT2D eigenvalue weighted by molar-refractivity contribution is 5.94. The van der Waals surface area contributed by atoms with Gasteiger partial charge in [0.25, 0.3) is 5.91 Å². The number of hydrogen-bond acceptors (Lipinski definition) is 4. The summed E-state index contributed by atoms with van der Waals surface area (Å²) in [5.41, 5.74) is 2.51. The molecule has 0 saturated heterocycles. The van der Waals surface area contributed by atoms with Crippen molar-refractivity contribution in [3.05, 3.63) is 59.6 Å². The monoisotopic (exact) mass is 336 g/mol. The normalized spacial score (nSPS) is 16.5. The largest absolute Gasteiger partial charge is 0.347 e. The molecule has 7 nitrogen and oxygen atoms in total. The summed E-state index contributed by atoms with van der Waals surface area (Å²) in [5.74, 6) is 1.70. The van der Waals surface area contributed by atoms with Crippen LogP contribution in [0.15, 0.2) is 36.8 Å². The molecule has 0 fully saturated rings. The van der Waals surface area contributed by atoms with Gasteiger partial charge in [-0.2, -0.15) is 5.10 Å². The molecule has 0 aliphatic carbocycles. The van der Waals surface area contributed by atoms with Gasteiger partial charge in [0, 0.05) is 43.3 Å². The molecule has 1 aliphatic rings. The van der Waals surface area contributed by atoms with E-state index in [9.17, 15) is 4.79 Å². The number of imidazole rings is 1. The number of nitrogens with one attached hydrogen (secondary N) is 1. The summed E-state index contributed by atoms with van der Waals surface area (Å²) >= 11 is 0. The maximum Gasteiger partial charge on any atom is 0.253 e. The van der Waals surface area contributed by atoms with Crippen LogP contribution in [-0.4, -0.2) is 36.3 Å². The van der Waals surface area contributed by atoms with E-state index in [1.165, 1.54) is 0 Å². The van der Waals surface area contributed by atoms with Crippen LogP contribution in [0.4, 0.5) is 0 Å². The first kappa shape index (κ1) is 15.6. The fraction of sp³-hybridized carbons (Fsp3) is 0.333. The molecule has 25 heavy (non-hydrogen) atoms. The zero-order chi connectivity index (χ0) is 17.4. The maximum absolute atomic E-state index is 12.5. The molecule has 0 saturated carbocycles. The molecule has 128 valence electrons. The summed E-state index contributed by atoms with van der Waals surface area (Å²) in [5, 5.41) is 7.50. The highest BCUT2D eigenvalue weighted by atomic mass is 16.1. The van der Waals surface area contributed by atoms with Crippen molar-refractivity contribution in [3.63, 3.8) is 0 Å². The Hall–Kier alpha value is -2.96. The third-order valence-corrected chi connectivity index (χ3v) is 4.51. The second-order valence-corrected chi connectivity index (χ2v) is 6.45. The van der Waals surface area contributed by atoms with E-state index in [0.29, 0.717) is 11.4 Å². The van der Waals surface area contributed by atoms with E-state index in [1.54, 1.807) is 23.1 Å². The van der Waals surface area contributed by atoms with Crippen LogP contribution < -0.4 is 5.32 Å². The molecule has 3 aromatic rings. The molecule has 0 bridgehead atoms. The Labute approximate surface area is 145 Å². The minimum atomic E-state index is -0.0963. The van der Waals surface area contributed by atoms with Crippen LogP contribution in [0, 0.1) is 13.8 Å². The Bertz CT molecular complexity index is 908. The molecule has 7 heteroatoms. The molecule has 3 aromatic heterocycles. The number of carbonyl (C=O) groups is 1. The first-order valence-corrected chi connectivity index (χ1v) is 8.41. The van der Waals surface area contributed by atoms with E-state index in [-0.39, 0.29) is 11.9 Å². The Morgan fingerprint density at radius 1 is 1.28 bits per heavy atom. The van der Waals surface area contributed by atoms with Crippen LogP contribution in [0.25, 0.3) is 5.82 Å². The van der Waals surface area contributed by atoms with Crippen molar-refractivity contribution < 1.29 is 4.79 Å². The Balaban J connectivity index is 1.45. The molecule has 1 atom stereocenters. The van der Waals surface area contributed by atoms with Gasteiger partial charge in [0.15, 0.2) is 5.82 Å². The lowest BCUT2D eigenvalue weighted by Crippen LogP contribution is -2.40. The van der Waals surface area contributed by atoms with Gasteiger partial charge in [0.05, 0.1) is 11.3 Å². The van der Waals surface area contributed by atoms with E-state index in [2.05, 4.69) is 25.0 Å². The molecule has 4 heterocycles. The summed E-state index contributed by atoms with van der Waals surface area (Å²) < 4.78 is 3.87. The smallest absolute Gasteiger partial charge is 0.253 e. The number of aromatic nitrogens is 5. The zero-order valence-corrected chi connectivity index (χ0v) is 14.3. The van der Waals surface area contributed by atoms with Gasteiger partial charge in [-0.1, -0.05) is 0 Å². The molecule has 0 radical (unpaired) electrons. The first-order chi connectivity index (χ1) is 12.1. The average Bonchev–Trinajstić information content (AvgIpc) is 3.20. The lowest BCUT2D eigenvalue weighted by atomic mass is 10.1. The summed E-state index contributed by atoms with van der Waals surface area (Å²) in [6.45, 7) is 4.69. The predicted octanol–water partition coefficient (Wildman–Crippen LogP) is 1.83. The number of pyridine rings is 1. The number of carbonyl (C=O) groups excluding carboxylic acids is 1. The molecule has 0 aromatic carbocycles. The predicted molar refractivity (Wildman–Crippen MR) is 92.6 cm³/mol. The number of aryl methyl sites for hydroxylation is 3. The van der Waals surface area contributed by atoms with E-state index in [0.717, 1.165) is 36.6 Å². The molecular formula is C18H20N6O. The fourth-order valence-electron chi connectivity index (χ4n) is 3.26.